The van der Waals surface area contributed by atoms with Crippen molar-refractivity contribution in [1.29, 1.82) is 0 Å². The fourth-order valence-electron chi connectivity index (χ4n) is 2.12. The summed E-state index contributed by atoms with van der Waals surface area (Å²) in [6, 6.07) is -0.0889. The van der Waals surface area contributed by atoms with Gasteiger partial charge in [0.1, 0.15) is 9.88 Å². The Labute approximate surface area is 134 Å². The summed E-state index contributed by atoms with van der Waals surface area (Å²) in [4.78, 5) is 17.2. The summed E-state index contributed by atoms with van der Waals surface area (Å²) in [6.07, 6.45) is 5.71. The van der Waals surface area contributed by atoms with Gasteiger partial charge in [0.15, 0.2) is 0 Å². The van der Waals surface area contributed by atoms with Crippen LogP contribution in [0.5, 0.6) is 0 Å². The summed E-state index contributed by atoms with van der Waals surface area (Å²) in [5, 5.41) is 17.0. The Kier molecular flexibility index (Phi) is 4.97. The molecule has 0 spiro atoms. The molecule has 2 heterocycles. The van der Waals surface area contributed by atoms with E-state index in [1.54, 1.807) is 17.1 Å². The van der Waals surface area contributed by atoms with E-state index in [1.807, 2.05) is 34.0 Å². The maximum Gasteiger partial charge on any atom is 0.263 e. The van der Waals surface area contributed by atoms with Crippen LogP contribution in [0.2, 0.25) is 0 Å². The van der Waals surface area contributed by atoms with E-state index in [0.717, 1.165) is 10.6 Å². The number of aromatic nitrogens is 3. The second-order valence-electron chi connectivity index (χ2n) is 6.34. The van der Waals surface area contributed by atoms with E-state index in [0.29, 0.717) is 11.3 Å². The van der Waals surface area contributed by atoms with Crippen LogP contribution in [-0.2, 0) is 7.05 Å². The minimum atomic E-state index is -0.152. The fraction of sp³-hybridized carbons (Fsp3) is 0.533. The zero-order valence-corrected chi connectivity index (χ0v) is 14.1. The zero-order chi connectivity index (χ0) is 16.3. The van der Waals surface area contributed by atoms with Crippen molar-refractivity contribution in [1.82, 2.24) is 20.1 Å². The van der Waals surface area contributed by atoms with Crippen LogP contribution in [0.1, 0.15) is 36.9 Å². The maximum atomic E-state index is 12.4. The van der Waals surface area contributed by atoms with Gasteiger partial charge in [-0.25, -0.2) is 4.98 Å². The molecule has 6 nitrogen and oxygen atoms in total. The second kappa shape index (κ2) is 6.58. The Bertz CT molecular complexity index is 642. The molecule has 1 atom stereocenters. The molecule has 1 amide bonds. The van der Waals surface area contributed by atoms with E-state index < -0.39 is 0 Å². The van der Waals surface area contributed by atoms with E-state index in [4.69, 9.17) is 5.11 Å². The fourth-order valence-corrected chi connectivity index (χ4v) is 2.92. The third-order valence-electron chi connectivity index (χ3n) is 3.45. The highest BCUT2D eigenvalue weighted by molar-refractivity contribution is 7.16. The standard InChI is InChI=1S/C15H22N4O2S/c1-15(2,3)12(5-6-20)18-13(21)11-8-16-14(22-11)10-7-17-19(4)9-10/h7-9,12,20H,5-6H2,1-4H3,(H,18,21). The number of hydrogen-bond donors (Lipinski definition) is 2. The van der Waals surface area contributed by atoms with Crippen LogP contribution in [0.15, 0.2) is 18.6 Å². The number of amides is 1. The number of thiazole rings is 1. The molecule has 0 aromatic carbocycles. The third kappa shape index (κ3) is 3.92. The van der Waals surface area contributed by atoms with Crippen LogP contribution in [0.25, 0.3) is 10.6 Å². The number of carbonyl (C=O) groups is 1. The summed E-state index contributed by atoms with van der Waals surface area (Å²) in [5.74, 6) is -0.152. The predicted octanol–water partition coefficient (Wildman–Crippen LogP) is 2.07. The van der Waals surface area contributed by atoms with Crippen LogP contribution in [0.3, 0.4) is 0 Å². The summed E-state index contributed by atoms with van der Waals surface area (Å²) in [7, 11) is 1.84. The Balaban J connectivity index is 2.11. The van der Waals surface area contributed by atoms with Gasteiger partial charge in [0.2, 0.25) is 0 Å². The van der Waals surface area contributed by atoms with Gasteiger partial charge in [-0.05, 0) is 11.8 Å². The Morgan fingerprint density at radius 3 is 2.73 bits per heavy atom. The molecule has 0 aliphatic rings. The normalized spacial score (nSPS) is 13.1. The Morgan fingerprint density at radius 1 is 1.45 bits per heavy atom. The minimum absolute atomic E-state index is 0.0475. The summed E-state index contributed by atoms with van der Waals surface area (Å²) in [6.45, 7) is 6.18. The summed E-state index contributed by atoms with van der Waals surface area (Å²) >= 11 is 1.34. The molecule has 7 heteroatoms. The number of hydrogen-bond acceptors (Lipinski definition) is 5. The van der Waals surface area contributed by atoms with Crippen molar-refractivity contribution in [2.75, 3.05) is 6.61 Å². The minimum Gasteiger partial charge on any atom is -0.396 e. The third-order valence-corrected chi connectivity index (χ3v) is 4.49. The maximum absolute atomic E-state index is 12.4. The van der Waals surface area contributed by atoms with Crippen molar-refractivity contribution in [3.63, 3.8) is 0 Å². The van der Waals surface area contributed by atoms with Crippen LogP contribution < -0.4 is 5.32 Å². The molecule has 1 unspecified atom stereocenters. The highest BCUT2D eigenvalue weighted by Crippen LogP contribution is 2.26. The second-order valence-corrected chi connectivity index (χ2v) is 7.37. The van der Waals surface area contributed by atoms with E-state index >= 15 is 0 Å². The Morgan fingerprint density at radius 2 is 2.18 bits per heavy atom. The SMILES string of the molecule is Cn1cc(-c2ncc(C(=O)NC(CCO)C(C)(C)C)s2)cn1. The monoisotopic (exact) mass is 322 g/mol. The molecule has 0 saturated carbocycles. The number of nitrogens with one attached hydrogen (secondary N) is 1. The van der Waals surface area contributed by atoms with Gasteiger partial charge < -0.3 is 10.4 Å². The first-order valence-corrected chi connectivity index (χ1v) is 7.99. The lowest BCUT2D eigenvalue weighted by molar-refractivity contribution is 0.0889. The average Bonchev–Trinajstić information content (AvgIpc) is 3.05. The number of nitrogens with zero attached hydrogens (tertiary/aromatic N) is 3. The van der Waals surface area contributed by atoms with Gasteiger partial charge in [-0.15, -0.1) is 11.3 Å². The number of carbonyl (C=O) groups excluding carboxylic acids is 1. The first-order valence-electron chi connectivity index (χ1n) is 7.18. The summed E-state index contributed by atoms with van der Waals surface area (Å²) < 4.78 is 1.70. The first kappa shape index (κ1) is 16.6. The molecule has 2 rings (SSSR count). The van der Waals surface area contributed by atoms with Crippen molar-refractivity contribution in [3.8, 4) is 10.6 Å². The van der Waals surface area contributed by atoms with E-state index in [2.05, 4.69) is 15.4 Å². The van der Waals surface area contributed by atoms with Crippen molar-refractivity contribution in [3.05, 3.63) is 23.5 Å². The van der Waals surface area contributed by atoms with Gasteiger partial charge in [0.05, 0.1) is 12.4 Å². The van der Waals surface area contributed by atoms with Gasteiger partial charge in [0.25, 0.3) is 5.91 Å². The highest BCUT2D eigenvalue weighted by atomic mass is 32.1. The van der Waals surface area contributed by atoms with Gasteiger partial charge >= 0.3 is 0 Å². The number of rotatable bonds is 5. The topological polar surface area (TPSA) is 80.0 Å². The van der Waals surface area contributed by atoms with Crippen molar-refractivity contribution in [2.45, 2.75) is 33.2 Å². The van der Waals surface area contributed by atoms with Gasteiger partial charge in [-0.2, -0.15) is 5.10 Å². The molecule has 2 aromatic rings. The molecule has 2 aromatic heterocycles. The lowest BCUT2D eigenvalue weighted by atomic mass is 9.85. The molecular formula is C15H22N4O2S. The van der Waals surface area contributed by atoms with Crippen LogP contribution in [0.4, 0.5) is 0 Å². The lowest BCUT2D eigenvalue weighted by Gasteiger charge is -2.30. The Hall–Kier alpha value is -1.73. The summed E-state index contributed by atoms with van der Waals surface area (Å²) in [5.41, 5.74) is 0.782. The molecule has 0 radical (unpaired) electrons. The number of aryl methyl sites for hydroxylation is 1. The molecule has 0 bridgehead atoms. The average molecular weight is 322 g/mol. The molecule has 0 aliphatic heterocycles. The largest absolute Gasteiger partial charge is 0.396 e. The van der Waals surface area contributed by atoms with E-state index in [-0.39, 0.29) is 24.0 Å². The van der Waals surface area contributed by atoms with Gasteiger partial charge in [-0.3, -0.25) is 9.48 Å². The van der Waals surface area contributed by atoms with Crippen LogP contribution in [-0.4, -0.2) is 38.4 Å². The molecule has 0 fully saturated rings. The molecule has 0 aliphatic carbocycles. The quantitative estimate of drug-likeness (QED) is 0.883. The number of aliphatic hydroxyl groups excluding tert-OH is 1. The molecular weight excluding hydrogens is 300 g/mol. The molecule has 22 heavy (non-hydrogen) atoms. The smallest absolute Gasteiger partial charge is 0.263 e. The first-order chi connectivity index (χ1) is 10.3. The van der Waals surface area contributed by atoms with Gasteiger partial charge in [-0.1, -0.05) is 20.8 Å². The lowest BCUT2D eigenvalue weighted by Crippen LogP contribution is -2.44. The van der Waals surface area contributed by atoms with E-state index in [1.165, 1.54) is 11.3 Å². The van der Waals surface area contributed by atoms with Gasteiger partial charge in [0, 0.05) is 31.5 Å². The zero-order valence-electron chi connectivity index (χ0n) is 13.3. The van der Waals surface area contributed by atoms with Crippen molar-refractivity contribution >= 4 is 17.2 Å². The van der Waals surface area contributed by atoms with Crippen LogP contribution in [0, 0.1) is 5.41 Å². The van der Waals surface area contributed by atoms with Crippen LogP contribution >= 0.6 is 11.3 Å². The molecule has 2 N–H and O–H groups in total. The number of aliphatic hydroxyl groups is 1. The molecule has 120 valence electrons. The van der Waals surface area contributed by atoms with E-state index in [9.17, 15) is 4.79 Å². The van der Waals surface area contributed by atoms with Crippen molar-refractivity contribution in [2.24, 2.45) is 12.5 Å². The highest BCUT2D eigenvalue weighted by Gasteiger charge is 2.26. The molecule has 0 saturated heterocycles. The van der Waals surface area contributed by atoms with Crippen molar-refractivity contribution < 1.29 is 9.90 Å². The predicted molar refractivity (Wildman–Crippen MR) is 86.7 cm³/mol.